The zero-order chi connectivity index (χ0) is 21.9. The molecular formula is C18H14N4O7S. The molecule has 0 aliphatic heterocycles. The Kier molecular flexibility index (Phi) is 5.62. The van der Waals surface area contributed by atoms with Crippen LogP contribution in [0.4, 0.5) is 28.4 Å². The standard InChI is InChI=1S/C18H14N4O7S/c23-21(24)15-11-16(22(25)26)18(17(12-15)30(27,28)29)19-20(13-7-3-1-4-8-13)14-9-5-2-6-10-14/h1-12,19H,(H,27,28,29). The summed E-state index contributed by atoms with van der Waals surface area (Å²) >= 11 is 0. The predicted molar refractivity (Wildman–Crippen MR) is 108 cm³/mol. The highest BCUT2D eigenvalue weighted by molar-refractivity contribution is 7.86. The van der Waals surface area contributed by atoms with Crippen molar-refractivity contribution in [3.63, 3.8) is 0 Å². The normalized spacial score (nSPS) is 11.0. The zero-order valence-corrected chi connectivity index (χ0v) is 15.9. The van der Waals surface area contributed by atoms with Crippen molar-refractivity contribution in [2.24, 2.45) is 0 Å². The summed E-state index contributed by atoms with van der Waals surface area (Å²) in [5, 5.41) is 24.0. The molecule has 0 bridgehead atoms. The molecule has 3 aromatic carbocycles. The molecule has 12 heteroatoms. The number of hydrogen-bond acceptors (Lipinski definition) is 8. The van der Waals surface area contributed by atoms with E-state index in [1.165, 1.54) is 5.01 Å². The number of nitrogens with zero attached hydrogens (tertiary/aromatic N) is 3. The molecule has 30 heavy (non-hydrogen) atoms. The van der Waals surface area contributed by atoms with Crippen LogP contribution in [-0.4, -0.2) is 22.8 Å². The minimum atomic E-state index is -5.05. The van der Waals surface area contributed by atoms with Crippen LogP contribution in [0.1, 0.15) is 0 Å². The van der Waals surface area contributed by atoms with E-state index >= 15 is 0 Å². The van der Waals surface area contributed by atoms with E-state index in [2.05, 4.69) is 5.43 Å². The van der Waals surface area contributed by atoms with Crippen LogP contribution in [0.3, 0.4) is 0 Å². The summed E-state index contributed by atoms with van der Waals surface area (Å²) < 4.78 is 33.4. The van der Waals surface area contributed by atoms with E-state index < -0.39 is 41.9 Å². The quantitative estimate of drug-likeness (QED) is 0.322. The maximum absolute atomic E-state index is 11.9. The fraction of sp³-hybridized carbons (Fsp3) is 0. The predicted octanol–water partition coefficient (Wildman–Crippen LogP) is 3.91. The molecule has 0 fully saturated rings. The second kappa shape index (κ2) is 8.14. The summed E-state index contributed by atoms with van der Waals surface area (Å²) in [7, 11) is -5.05. The van der Waals surface area contributed by atoms with Crippen LogP contribution in [0.2, 0.25) is 0 Å². The van der Waals surface area contributed by atoms with Gasteiger partial charge in [0.25, 0.3) is 15.8 Å². The highest BCUT2D eigenvalue weighted by Gasteiger charge is 2.31. The Bertz CT molecular complexity index is 1160. The lowest BCUT2D eigenvalue weighted by Gasteiger charge is -2.27. The summed E-state index contributed by atoms with van der Waals surface area (Å²) in [5.41, 5.74) is 1.23. The molecule has 0 amide bonds. The smallest absolute Gasteiger partial charge is 0.286 e. The van der Waals surface area contributed by atoms with Crippen LogP contribution in [-0.2, 0) is 10.1 Å². The largest absolute Gasteiger partial charge is 0.302 e. The summed E-state index contributed by atoms with van der Waals surface area (Å²) in [4.78, 5) is 19.7. The van der Waals surface area contributed by atoms with Gasteiger partial charge in [0.15, 0.2) is 5.69 Å². The lowest BCUT2D eigenvalue weighted by molar-refractivity contribution is -0.394. The van der Waals surface area contributed by atoms with Crippen molar-refractivity contribution in [1.29, 1.82) is 0 Å². The average molecular weight is 430 g/mol. The van der Waals surface area contributed by atoms with E-state index in [0.717, 1.165) is 0 Å². The number of hydrazine groups is 1. The van der Waals surface area contributed by atoms with Crippen LogP contribution in [0, 0.1) is 20.2 Å². The molecule has 2 N–H and O–H groups in total. The fourth-order valence-corrected chi connectivity index (χ4v) is 3.37. The maximum Gasteiger partial charge on any atom is 0.302 e. The molecule has 0 saturated heterocycles. The Balaban J connectivity index is 2.26. The molecule has 11 nitrogen and oxygen atoms in total. The number of benzene rings is 3. The lowest BCUT2D eigenvalue weighted by atomic mass is 10.2. The zero-order valence-electron chi connectivity index (χ0n) is 15.1. The van der Waals surface area contributed by atoms with Crippen LogP contribution in [0.5, 0.6) is 0 Å². The number of anilines is 3. The van der Waals surface area contributed by atoms with Crippen molar-refractivity contribution < 1.29 is 22.8 Å². The number of nitro benzene ring substituents is 2. The Labute approximate surface area is 170 Å². The molecule has 0 aromatic heterocycles. The SMILES string of the molecule is O=[N+]([O-])c1cc([N+](=O)[O-])c(NN(c2ccccc2)c2ccccc2)c(S(=O)(=O)O)c1. The summed E-state index contributed by atoms with van der Waals surface area (Å²) in [6.45, 7) is 0. The van der Waals surface area contributed by atoms with Crippen molar-refractivity contribution in [3.8, 4) is 0 Å². The van der Waals surface area contributed by atoms with Crippen LogP contribution < -0.4 is 10.4 Å². The maximum atomic E-state index is 11.9. The van der Waals surface area contributed by atoms with Crippen LogP contribution in [0.25, 0.3) is 0 Å². The van der Waals surface area contributed by atoms with E-state index in [1.807, 2.05) is 0 Å². The molecule has 0 aliphatic rings. The minimum Gasteiger partial charge on any atom is -0.286 e. The van der Waals surface area contributed by atoms with Gasteiger partial charge in [0.1, 0.15) is 4.90 Å². The monoisotopic (exact) mass is 430 g/mol. The molecule has 3 aromatic rings. The molecule has 0 radical (unpaired) electrons. The third-order valence-corrected chi connectivity index (χ3v) is 4.88. The molecule has 0 saturated carbocycles. The van der Waals surface area contributed by atoms with Gasteiger partial charge in [-0.25, -0.2) is 0 Å². The molecule has 154 valence electrons. The van der Waals surface area contributed by atoms with Gasteiger partial charge in [-0.05, 0) is 24.3 Å². The van der Waals surface area contributed by atoms with Crippen molar-refractivity contribution in [3.05, 3.63) is 93.0 Å². The summed E-state index contributed by atoms with van der Waals surface area (Å²) in [6.07, 6.45) is 0. The minimum absolute atomic E-state index is 0.484. The third kappa shape index (κ3) is 4.34. The van der Waals surface area contributed by atoms with Gasteiger partial charge >= 0.3 is 5.69 Å². The third-order valence-electron chi connectivity index (χ3n) is 4.00. The molecule has 0 unspecified atom stereocenters. The van der Waals surface area contributed by atoms with Gasteiger partial charge in [0, 0.05) is 6.07 Å². The molecule has 3 rings (SSSR count). The summed E-state index contributed by atoms with van der Waals surface area (Å²) in [6, 6.07) is 18.1. The molecular weight excluding hydrogens is 416 g/mol. The summed E-state index contributed by atoms with van der Waals surface area (Å²) in [5.74, 6) is 0. The first kappa shape index (κ1) is 20.7. The second-order valence-electron chi connectivity index (χ2n) is 5.95. The van der Waals surface area contributed by atoms with Gasteiger partial charge in [-0.1, -0.05) is 36.4 Å². The first-order chi connectivity index (χ1) is 14.2. The number of non-ortho nitro benzene ring substituents is 1. The number of rotatable bonds is 7. The van der Waals surface area contributed by atoms with Gasteiger partial charge in [0.2, 0.25) is 0 Å². The van der Waals surface area contributed by atoms with E-state index in [9.17, 15) is 33.2 Å². The first-order valence-electron chi connectivity index (χ1n) is 8.29. The number of para-hydroxylation sites is 2. The molecule has 0 aliphatic carbocycles. The van der Waals surface area contributed by atoms with Gasteiger partial charge in [-0.3, -0.25) is 35.2 Å². The van der Waals surface area contributed by atoms with Crippen LogP contribution >= 0.6 is 0 Å². The van der Waals surface area contributed by atoms with E-state index in [4.69, 9.17) is 0 Å². The molecule has 0 heterocycles. The van der Waals surface area contributed by atoms with E-state index in [-0.39, 0.29) is 0 Å². The molecule has 0 atom stereocenters. The van der Waals surface area contributed by atoms with E-state index in [1.54, 1.807) is 60.7 Å². The highest BCUT2D eigenvalue weighted by atomic mass is 32.2. The first-order valence-corrected chi connectivity index (χ1v) is 9.73. The fourth-order valence-electron chi connectivity index (χ4n) is 2.70. The average Bonchev–Trinajstić information content (AvgIpc) is 2.72. The van der Waals surface area contributed by atoms with Crippen molar-refractivity contribution in [2.45, 2.75) is 4.90 Å². The second-order valence-corrected chi connectivity index (χ2v) is 7.34. The van der Waals surface area contributed by atoms with Crippen LogP contribution in [0.15, 0.2) is 77.7 Å². The Morgan fingerprint density at radius 1 is 0.833 bits per heavy atom. The topological polar surface area (TPSA) is 156 Å². The Hall–Kier alpha value is -4.03. The number of nitrogens with one attached hydrogen (secondary N) is 1. The van der Waals surface area contributed by atoms with Crippen molar-refractivity contribution >= 4 is 38.6 Å². The number of hydrogen-bond donors (Lipinski definition) is 2. The Morgan fingerprint density at radius 3 is 1.73 bits per heavy atom. The van der Waals surface area contributed by atoms with Crippen molar-refractivity contribution in [1.82, 2.24) is 0 Å². The van der Waals surface area contributed by atoms with Crippen molar-refractivity contribution in [2.75, 3.05) is 10.4 Å². The van der Waals surface area contributed by atoms with Gasteiger partial charge in [0.05, 0.1) is 27.3 Å². The number of nitro groups is 2. The lowest BCUT2D eigenvalue weighted by Crippen LogP contribution is -2.26. The van der Waals surface area contributed by atoms with Gasteiger partial charge in [-0.2, -0.15) is 8.42 Å². The van der Waals surface area contributed by atoms with Gasteiger partial charge < -0.3 is 0 Å². The Morgan fingerprint density at radius 2 is 1.33 bits per heavy atom. The van der Waals surface area contributed by atoms with Gasteiger partial charge in [-0.15, -0.1) is 0 Å². The highest BCUT2D eigenvalue weighted by Crippen LogP contribution is 2.38. The molecule has 0 spiro atoms. The van der Waals surface area contributed by atoms with E-state index in [0.29, 0.717) is 23.5 Å².